The van der Waals surface area contributed by atoms with Gasteiger partial charge in [-0.05, 0) is 31.0 Å². The van der Waals surface area contributed by atoms with Gasteiger partial charge in [-0.3, -0.25) is 0 Å². The van der Waals surface area contributed by atoms with Crippen molar-refractivity contribution in [1.29, 1.82) is 0 Å². The monoisotopic (exact) mass is 266 g/mol. The molecule has 0 aliphatic carbocycles. The predicted molar refractivity (Wildman–Crippen MR) is 63.5 cm³/mol. The lowest BCUT2D eigenvalue weighted by Crippen LogP contribution is -1.87. The molecule has 78 valence electrons. The predicted octanol–water partition coefficient (Wildman–Crippen LogP) is 3.30. The summed E-state index contributed by atoms with van der Waals surface area (Å²) in [6, 6.07) is 5.79. The van der Waals surface area contributed by atoms with E-state index in [1.54, 1.807) is 6.07 Å². The molecule has 0 amide bonds. The van der Waals surface area contributed by atoms with E-state index in [-0.39, 0.29) is 0 Å². The summed E-state index contributed by atoms with van der Waals surface area (Å²) in [6.07, 6.45) is 0. The second-order valence-electron chi connectivity index (χ2n) is 3.48. The minimum Gasteiger partial charge on any atom is -0.381 e. The molecule has 2 N–H and O–H groups in total. The van der Waals surface area contributed by atoms with E-state index in [0.29, 0.717) is 11.6 Å². The zero-order valence-electron chi connectivity index (χ0n) is 8.54. The van der Waals surface area contributed by atoms with E-state index >= 15 is 0 Å². The van der Waals surface area contributed by atoms with Crippen LogP contribution in [0.2, 0.25) is 0 Å². The van der Waals surface area contributed by atoms with Gasteiger partial charge in [0.2, 0.25) is 0 Å². The van der Waals surface area contributed by atoms with Crippen LogP contribution in [0.1, 0.15) is 11.1 Å². The number of hydrogen-bond acceptors (Lipinski definition) is 3. The van der Waals surface area contributed by atoms with E-state index < -0.39 is 0 Å². The summed E-state index contributed by atoms with van der Waals surface area (Å²) in [5, 5.41) is 3.69. The van der Waals surface area contributed by atoms with Crippen molar-refractivity contribution in [2.24, 2.45) is 0 Å². The fourth-order valence-electron chi connectivity index (χ4n) is 1.61. The van der Waals surface area contributed by atoms with E-state index in [4.69, 9.17) is 10.3 Å². The highest BCUT2D eigenvalue weighted by Gasteiger charge is 2.12. The first-order valence-electron chi connectivity index (χ1n) is 4.58. The number of halogens is 1. The summed E-state index contributed by atoms with van der Waals surface area (Å²) in [5.74, 6) is 1.12. The van der Waals surface area contributed by atoms with Crippen molar-refractivity contribution < 1.29 is 4.52 Å². The Morgan fingerprint density at radius 2 is 2.07 bits per heavy atom. The number of nitrogens with zero attached hydrogens (tertiary/aromatic N) is 1. The van der Waals surface area contributed by atoms with E-state index in [0.717, 1.165) is 21.2 Å². The van der Waals surface area contributed by atoms with Gasteiger partial charge in [-0.25, -0.2) is 0 Å². The summed E-state index contributed by atoms with van der Waals surface area (Å²) in [6.45, 7) is 4.07. The van der Waals surface area contributed by atoms with Crippen LogP contribution in [0.3, 0.4) is 0 Å². The minimum absolute atomic E-state index is 0.406. The molecule has 0 radical (unpaired) electrons. The number of nitrogen functional groups attached to an aromatic ring is 1. The fraction of sp³-hybridized carbons (Fsp3) is 0.182. The van der Waals surface area contributed by atoms with Gasteiger partial charge in [0.25, 0.3) is 0 Å². The fourth-order valence-corrected chi connectivity index (χ4v) is 1.94. The molecule has 0 saturated carbocycles. The normalized spacial score (nSPS) is 10.6. The van der Waals surface area contributed by atoms with Crippen LogP contribution in [0, 0.1) is 13.8 Å². The van der Waals surface area contributed by atoms with Gasteiger partial charge in [0.05, 0.1) is 0 Å². The first kappa shape index (κ1) is 10.2. The highest BCUT2D eigenvalue weighted by Crippen LogP contribution is 2.32. The minimum atomic E-state index is 0.406. The van der Waals surface area contributed by atoms with Gasteiger partial charge >= 0.3 is 0 Å². The van der Waals surface area contributed by atoms with Gasteiger partial charge in [0.15, 0.2) is 11.6 Å². The first-order valence-corrected chi connectivity index (χ1v) is 5.37. The van der Waals surface area contributed by atoms with Crippen LogP contribution in [0.25, 0.3) is 11.3 Å². The first-order chi connectivity index (χ1) is 7.09. The van der Waals surface area contributed by atoms with E-state index in [1.165, 1.54) is 0 Å². The number of aryl methyl sites for hydroxylation is 1. The molecule has 0 unspecified atom stereocenters. The molecule has 0 bridgehead atoms. The molecule has 2 aromatic rings. The molecule has 0 atom stereocenters. The average molecular weight is 267 g/mol. The van der Waals surface area contributed by atoms with Gasteiger partial charge in [0.1, 0.15) is 0 Å². The molecule has 0 aliphatic heterocycles. The highest BCUT2D eigenvalue weighted by molar-refractivity contribution is 9.10. The molecule has 0 aliphatic rings. The largest absolute Gasteiger partial charge is 0.381 e. The molecule has 1 heterocycles. The van der Waals surface area contributed by atoms with Gasteiger partial charge < -0.3 is 10.3 Å². The van der Waals surface area contributed by atoms with Crippen molar-refractivity contribution in [3.05, 3.63) is 33.8 Å². The van der Waals surface area contributed by atoms with Crippen molar-refractivity contribution in [2.45, 2.75) is 13.8 Å². The maximum Gasteiger partial charge on any atom is 0.169 e. The summed E-state index contributed by atoms with van der Waals surface area (Å²) in [4.78, 5) is 0. The van der Waals surface area contributed by atoms with E-state index in [1.807, 2.05) is 26.0 Å². The summed E-state index contributed by atoms with van der Waals surface area (Å²) >= 11 is 3.49. The van der Waals surface area contributed by atoms with Crippen LogP contribution in [0.4, 0.5) is 5.82 Å². The maximum absolute atomic E-state index is 5.54. The zero-order chi connectivity index (χ0) is 11.0. The van der Waals surface area contributed by atoms with Gasteiger partial charge in [-0.2, -0.15) is 0 Å². The third-order valence-corrected chi connectivity index (χ3v) is 3.24. The van der Waals surface area contributed by atoms with Crippen molar-refractivity contribution >= 4 is 21.7 Å². The van der Waals surface area contributed by atoms with Crippen molar-refractivity contribution in [2.75, 3.05) is 5.73 Å². The summed E-state index contributed by atoms with van der Waals surface area (Å²) in [5.41, 5.74) is 8.86. The number of benzene rings is 1. The Morgan fingerprint density at radius 3 is 2.67 bits per heavy atom. The maximum atomic E-state index is 5.54. The summed E-state index contributed by atoms with van der Waals surface area (Å²) in [7, 11) is 0. The average Bonchev–Trinajstić information content (AvgIpc) is 2.59. The zero-order valence-corrected chi connectivity index (χ0v) is 10.1. The molecule has 2 rings (SSSR count). The van der Waals surface area contributed by atoms with Crippen molar-refractivity contribution in [3.8, 4) is 11.3 Å². The lowest BCUT2D eigenvalue weighted by Gasteiger charge is -2.07. The molecule has 0 fully saturated rings. The Balaban J connectivity index is 2.66. The number of nitrogens with two attached hydrogens (primary N) is 1. The molecule has 15 heavy (non-hydrogen) atoms. The van der Waals surface area contributed by atoms with Crippen LogP contribution in [-0.4, -0.2) is 5.16 Å². The summed E-state index contributed by atoms with van der Waals surface area (Å²) < 4.78 is 6.22. The van der Waals surface area contributed by atoms with Gasteiger partial charge in [-0.1, -0.05) is 27.2 Å². The molecule has 1 aromatic heterocycles. The molecule has 4 heteroatoms. The number of aromatic nitrogens is 1. The third-order valence-electron chi connectivity index (χ3n) is 2.38. The van der Waals surface area contributed by atoms with Crippen LogP contribution in [0.15, 0.2) is 27.2 Å². The Labute approximate surface area is 96.4 Å². The number of anilines is 1. The molecular weight excluding hydrogens is 256 g/mol. The lowest BCUT2D eigenvalue weighted by molar-refractivity contribution is 0.435. The quantitative estimate of drug-likeness (QED) is 0.862. The van der Waals surface area contributed by atoms with Gasteiger partial charge in [-0.15, -0.1) is 0 Å². The Morgan fingerprint density at radius 1 is 1.33 bits per heavy atom. The number of rotatable bonds is 1. The second-order valence-corrected chi connectivity index (χ2v) is 4.33. The molecule has 3 nitrogen and oxygen atoms in total. The Hall–Kier alpha value is -1.29. The third kappa shape index (κ3) is 1.77. The second kappa shape index (κ2) is 3.70. The SMILES string of the molecule is Cc1ccc(Br)c(C)c1-c1cc(N)no1. The van der Waals surface area contributed by atoms with Gasteiger partial charge in [0, 0.05) is 16.1 Å². The van der Waals surface area contributed by atoms with Crippen molar-refractivity contribution in [3.63, 3.8) is 0 Å². The number of hydrogen-bond donors (Lipinski definition) is 1. The topological polar surface area (TPSA) is 52.0 Å². The smallest absolute Gasteiger partial charge is 0.169 e. The van der Waals surface area contributed by atoms with E-state index in [2.05, 4.69) is 21.1 Å². The standard InChI is InChI=1S/C11H11BrN2O/c1-6-3-4-8(12)7(2)11(6)9-5-10(13)14-15-9/h3-5H,1-2H3,(H2,13,14). The van der Waals surface area contributed by atoms with Crippen molar-refractivity contribution in [1.82, 2.24) is 5.16 Å². The Bertz CT molecular complexity index is 505. The molecule has 0 spiro atoms. The van der Waals surface area contributed by atoms with Crippen LogP contribution in [0.5, 0.6) is 0 Å². The molecular formula is C11H11BrN2O. The van der Waals surface area contributed by atoms with Crippen LogP contribution >= 0.6 is 15.9 Å². The van der Waals surface area contributed by atoms with Crippen LogP contribution in [-0.2, 0) is 0 Å². The molecule has 0 saturated heterocycles. The lowest BCUT2D eigenvalue weighted by atomic mass is 10.0. The van der Waals surface area contributed by atoms with Crippen LogP contribution < -0.4 is 5.73 Å². The Kier molecular flexibility index (Phi) is 2.52. The van der Waals surface area contributed by atoms with E-state index in [9.17, 15) is 0 Å². The highest BCUT2D eigenvalue weighted by atomic mass is 79.9. The molecule has 1 aromatic carbocycles.